The van der Waals surface area contributed by atoms with Gasteiger partial charge >= 0.3 is 0 Å². The van der Waals surface area contributed by atoms with Crippen LogP contribution in [0.1, 0.15) is 26.2 Å². The van der Waals surface area contributed by atoms with E-state index in [1.54, 1.807) is 6.92 Å². The molecular weight excluding hydrogens is 242 g/mol. The summed E-state index contributed by atoms with van der Waals surface area (Å²) in [5.74, 6) is 0.755. The molecule has 0 N–H and O–H groups in total. The number of likely N-dealkylation sites (N-methyl/N-ethyl adjacent to an activating group) is 1. The van der Waals surface area contributed by atoms with Crippen LogP contribution in [-0.4, -0.2) is 72.8 Å². The molecule has 5 heteroatoms. The average Bonchev–Trinajstić information content (AvgIpc) is 2.39. The van der Waals surface area contributed by atoms with Crippen LogP contribution < -0.4 is 0 Å². The summed E-state index contributed by atoms with van der Waals surface area (Å²) in [6.07, 6.45) is 2.71. The van der Waals surface area contributed by atoms with E-state index in [1.165, 1.54) is 0 Å². The largest absolute Gasteiger partial charge is 0.343 e. The molecule has 2 rings (SSSR count). The number of likely N-dealkylation sites (tertiary alicyclic amines) is 1. The predicted molar refractivity (Wildman–Crippen MR) is 73.7 cm³/mol. The molecule has 2 amide bonds. The van der Waals surface area contributed by atoms with Gasteiger partial charge in [0.25, 0.3) is 0 Å². The summed E-state index contributed by atoms with van der Waals surface area (Å²) in [6.45, 7) is 6.86. The highest BCUT2D eigenvalue weighted by molar-refractivity contribution is 5.77. The number of nitrogens with zero attached hydrogens (tertiary/aromatic N) is 3. The Morgan fingerprint density at radius 2 is 1.74 bits per heavy atom. The van der Waals surface area contributed by atoms with Gasteiger partial charge in [0.05, 0.1) is 0 Å². The summed E-state index contributed by atoms with van der Waals surface area (Å²) in [4.78, 5) is 29.8. The van der Waals surface area contributed by atoms with E-state index in [0.29, 0.717) is 12.3 Å². The van der Waals surface area contributed by atoms with Gasteiger partial charge in [0.1, 0.15) is 0 Å². The van der Waals surface area contributed by atoms with Gasteiger partial charge in [0, 0.05) is 52.6 Å². The third-order valence-electron chi connectivity index (χ3n) is 4.28. The van der Waals surface area contributed by atoms with Gasteiger partial charge in [0.2, 0.25) is 11.8 Å². The monoisotopic (exact) mass is 267 g/mol. The van der Waals surface area contributed by atoms with Crippen molar-refractivity contribution in [2.75, 3.05) is 46.3 Å². The van der Waals surface area contributed by atoms with Crippen molar-refractivity contribution < 1.29 is 9.59 Å². The number of hydrogen-bond donors (Lipinski definition) is 0. The van der Waals surface area contributed by atoms with Crippen molar-refractivity contribution in [3.05, 3.63) is 0 Å². The van der Waals surface area contributed by atoms with Crippen LogP contribution in [0, 0.1) is 5.92 Å². The maximum absolute atomic E-state index is 12.3. The number of piperidine rings is 1. The standard InChI is InChI=1S/C14H25N3O2/c1-12(18)17-5-3-4-13(11-17)10-14(19)16-8-6-15(2)7-9-16/h13H,3-11H2,1-2H3. The lowest BCUT2D eigenvalue weighted by molar-refractivity contribution is -0.136. The number of carbonyl (C=O) groups excluding carboxylic acids is 2. The van der Waals surface area contributed by atoms with E-state index in [1.807, 2.05) is 9.80 Å². The van der Waals surface area contributed by atoms with Crippen molar-refractivity contribution >= 4 is 11.8 Å². The van der Waals surface area contributed by atoms with E-state index in [0.717, 1.165) is 52.1 Å². The molecule has 108 valence electrons. The minimum absolute atomic E-state index is 0.136. The second-order valence-electron chi connectivity index (χ2n) is 5.86. The summed E-state index contributed by atoms with van der Waals surface area (Å²) in [7, 11) is 2.09. The molecule has 1 atom stereocenters. The summed E-state index contributed by atoms with van der Waals surface area (Å²) < 4.78 is 0. The third-order valence-corrected chi connectivity index (χ3v) is 4.28. The maximum Gasteiger partial charge on any atom is 0.223 e. The van der Waals surface area contributed by atoms with Crippen LogP contribution in [0.5, 0.6) is 0 Å². The van der Waals surface area contributed by atoms with Crippen LogP contribution in [0.15, 0.2) is 0 Å². The summed E-state index contributed by atoms with van der Waals surface area (Å²) in [5.41, 5.74) is 0. The molecule has 2 heterocycles. The lowest BCUT2D eigenvalue weighted by Gasteiger charge is -2.35. The molecule has 2 aliphatic heterocycles. The van der Waals surface area contributed by atoms with Crippen molar-refractivity contribution in [2.24, 2.45) is 5.92 Å². The van der Waals surface area contributed by atoms with Gasteiger partial charge in [-0.15, -0.1) is 0 Å². The normalized spacial score (nSPS) is 25.5. The van der Waals surface area contributed by atoms with Crippen molar-refractivity contribution in [2.45, 2.75) is 26.2 Å². The molecule has 19 heavy (non-hydrogen) atoms. The molecular formula is C14H25N3O2. The molecule has 1 unspecified atom stereocenters. The first-order valence-corrected chi connectivity index (χ1v) is 7.28. The molecule has 0 aromatic rings. The van der Waals surface area contributed by atoms with Gasteiger partial charge in [-0.2, -0.15) is 0 Å². The maximum atomic E-state index is 12.3. The van der Waals surface area contributed by atoms with Crippen LogP contribution in [0.2, 0.25) is 0 Å². The molecule has 5 nitrogen and oxygen atoms in total. The van der Waals surface area contributed by atoms with Crippen LogP contribution in [0.25, 0.3) is 0 Å². The lowest BCUT2D eigenvalue weighted by atomic mass is 9.94. The first-order chi connectivity index (χ1) is 9.06. The molecule has 0 aromatic carbocycles. The van der Waals surface area contributed by atoms with E-state index in [2.05, 4.69) is 11.9 Å². The third kappa shape index (κ3) is 3.93. The number of amides is 2. The summed E-state index contributed by atoms with van der Waals surface area (Å²) in [6, 6.07) is 0. The second kappa shape index (κ2) is 6.37. The first-order valence-electron chi connectivity index (χ1n) is 7.28. The topological polar surface area (TPSA) is 43.9 Å². The average molecular weight is 267 g/mol. The van der Waals surface area contributed by atoms with Gasteiger partial charge in [-0.3, -0.25) is 9.59 Å². The molecule has 0 saturated carbocycles. The Kier molecular flexibility index (Phi) is 4.80. The predicted octanol–water partition coefficient (Wildman–Crippen LogP) is 0.409. The Morgan fingerprint density at radius 1 is 1.05 bits per heavy atom. The Hall–Kier alpha value is -1.10. The van der Waals surface area contributed by atoms with Gasteiger partial charge in [-0.05, 0) is 25.8 Å². The fraction of sp³-hybridized carbons (Fsp3) is 0.857. The van der Waals surface area contributed by atoms with Crippen molar-refractivity contribution in [3.63, 3.8) is 0 Å². The summed E-state index contributed by atoms with van der Waals surface area (Å²) in [5, 5.41) is 0. The Balaban J connectivity index is 1.80. The van der Waals surface area contributed by atoms with Gasteiger partial charge in [-0.25, -0.2) is 0 Å². The van der Waals surface area contributed by atoms with Crippen molar-refractivity contribution in [1.82, 2.24) is 14.7 Å². The number of hydrogen-bond acceptors (Lipinski definition) is 3. The molecule has 0 spiro atoms. The molecule has 0 aliphatic carbocycles. The molecule has 2 saturated heterocycles. The van der Waals surface area contributed by atoms with Gasteiger partial charge in [-0.1, -0.05) is 0 Å². The smallest absolute Gasteiger partial charge is 0.223 e. The van der Waals surface area contributed by atoms with E-state index in [4.69, 9.17) is 0 Å². The quantitative estimate of drug-likeness (QED) is 0.728. The van der Waals surface area contributed by atoms with Gasteiger partial charge < -0.3 is 14.7 Å². The number of piperazine rings is 1. The van der Waals surface area contributed by atoms with Gasteiger partial charge in [0.15, 0.2) is 0 Å². The zero-order valence-electron chi connectivity index (χ0n) is 12.1. The minimum atomic E-state index is 0.136. The van der Waals surface area contributed by atoms with Crippen molar-refractivity contribution in [3.8, 4) is 0 Å². The van der Waals surface area contributed by atoms with Crippen LogP contribution in [0.4, 0.5) is 0 Å². The summed E-state index contributed by atoms with van der Waals surface area (Å²) >= 11 is 0. The molecule has 0 aromatic heterocycles. The van der Waals surface area contributed by atoms with E-state index in [9.17, 15) is 9.59 Å². The fourth-order valence-corrected chi connectivity index (χ4v) is 2.95. The number of carbonyl (C=O) groups is 2. The zero-order chi connectivity index (χ0) is 13.8. The molecule has 2 fully saturated rings. The minimum Gasteiger partial charge on any atom is -0.343 e. The zero-order valence-corrected chi connectivity index (χ0v) is 12.1. The molecule has 2 aliphatic rings. The molecule has 0 bridgehead atoms. The van der Waals surface area contributed by atoms with E-state index in [-0.39, 0.29) is 11.8 Å². The SMILES string of the molecule is CC(=O)N1CCCC(CC(=O)N2CCN(C)CC2)C1. The fourth-order valence-electron chi connectivity index (χ4n) is 2.95. The highest BCUT2D eigenvalue weighted by Crippen LogP contribution is 2.21. The van der Waals surface area contributed by atoms with Crippen LogP contribution in [0.3, 0.4) is 0 Å². The number of rotatable bonds is 2. The Bertz CT molecular complexity index is 338. The first kappa shape index (κ1) is 14.3. The van der Waals surface area contributed by atoms with E-state index < -0.39 is 0 Å². The van der Waals surface area contributed by atoms with Crippen molar-refractivity contribution in [1.29, 1.82) is 0 Å². The highest BCUT2D eigenvalue weighted by atomic mass is 16.2. The highest BCUT2D eigenvalue weighted by Gasteiger charge is 2.26. The van der Waals surface area contributed by atoms with E-state index >= 15 is 0 Å². The van der Waals surface area contributed by atoms with Crippen LogP contribution in [-0.2, 0) is 9.59 Å². The lowest BCUT2D eigenvalue weighted by Crippen LogP contribution is -2.48. The molecule has 0 radical (unpaired) electrons. The Labute approximate surface area is 115 Å². The second-order valence-corrected chi connectivity index (χ2v) is 5.86. The Morgan fingerprint density at radius 3 is 2.37 bits per heavy atom. The van der Waals surface area contributed by atoms with Crippen LogP contribution >= 0.6 is 0 Å².